The second-order valence-electron chi connectivity index (χ2n) is 3.63. The molecule has 2 N–H and O–H groups in total. The zero-order valence-electron chi connectivity index (χ0n) is 9.31. The average molecular weight is 297 g/mol. The molecule has 2 aromatic carbocycles. The van der Waals surface area contributed by atoms with Gasteiger partial charge in [0.2, 0.25) is 0 Å². The molecule has 18 heavy (non-hydrogen) atoms. The number of nitrogens with zero attached hydrogens (tertiary/aromatic N) is 1. The third-order valence-electron chi connectivity index (χ3n) is 2.39. The second kappa shape index (κ2) is 5.57. The highest BCUT2D eigenvalue weighted by Gasteiger charge is 2.11. The van der Waals surface area contributed by atoms with Crippen LogP contribution in [-0.4, -0.2) is 5.11 Å². The molecule has 0 saturated heterocycles. The fourth-order valence-corrected chi connectivity index (χ4v) is 2.05. The first-order valence-corrected chi connectivity index (χ1v) is 6.35. The Labute approximate surface area is 121 Å². The van der Waals surface area contributed by atoms with Crippen LogP contribution in [0.5, 0.6) is 0 Å². The van der Waals surface area contributed by atoms with Gasteiger partial charge in [-0.3, -0.25) is 4.90 Å². The molecular formula is C13H10Cl2N2S. The number of thiocarbonyl (C=S) groups is 1. The van der Waals surface area contributed by atoms with Gasteiger partial charge >= 0.3 is 0 Å². The topological polar surface area (TPSA) is 29.3 Å². The molecular weight excluding hydrogens is 287 g/mol. The highest BCUT2D eigenvalue weighted by Crippen LogP contribution is 2.27. The quantitative estimate of drug-likeness (QED) is 0.834. The Morgan fingerprint density at radius 2 is 1.17 bits per heavy atom. The zero-order valence-corrected chi connectivity index (χ0v) is 11.6. The first kappa shape index (κ1) is 13.1. The zero-order chi connectivity index (χ0) is 13.1. The van der Waals surface area contributed by atoms with E-state index in [9.17, 15) is 0 Å². The lowest BCUT2D eigenvalue weighted by molar-refractivity contribution is 1.34. The Bertz CT molecular complexity index is 507. The Kier molecular flexibility index (Phi) is 4.07. The Hall–Kier alpha value is -1.29. The summed E-state index contributed by atoms with van der Waals surface area (Å²) in [7, 11) is 0. The predicted molar refractivity (Wildman–Crippen MR) is 81.8 cm³/mol. The van der Waals surface area contributed by atoms with Crippen LogP contribution in [0.4, 0.5) is 11.4 Å². The fraction of sp³-hybridized carbons (Fsp3) is 0. The van der Waals surface area contributed by atoms with Crippen LogP contribution in [0.25, 0.3) is 0 Å². The molecule has 0 atom stereocenters. The van der Waals surface area contributed by atoms with Gasteiger partial charge in [0.1, 0.15) is 0 Å². The molecule has 0 aliphatic rings. The third kappa shape index (κ3) is 2.93. The van der Waals surface area contributed by atoms with Crippen molar-refractivity contribution in [3.05, 3.63) is 58.6 Å². The average Bonchev–Trinajstić information content (AvgIpc) is 2.34. The van der Waals surface area contributed by atoms with Crippen molar-refractivity contribution in [1.29, 1.82) is 0 Å². The van der Waals surface area contributed by atoms with Gasteiger partial charge in [0.25, 0.3) is 0 Å². The minimum Gasteiger partial charge on any atom is -0.376 e. The number of rotatable bonds is 2. The van der Waals surface area contributed by atoms with Crippen LogP contribution in [0, 0.1) is 0 Å². The minimum absolute atomic E-state index is 0.264. The smallest absolute Gasteiger partial charge is 0.175 e. The maximum absolute atomic E-state index is 5.86. The Morgan fingerprint density at radius 1 is 0.833 bits per heavy atom. The summed E-state index contributed by atoms with van der Waals surface area (Å²) in [5, 5.41) is 1.59. The molecule has 0 unspecified atom stereocenters. The number of benzene rings is 2. The molecule has 5 heteroatoms. The Balaban J connectivity index is 2.43. The summed E-state index contributed by atoms with van der Waals surface area (Å²) in [6.45, 7) is 0. The standard InChI is InChI=1S/C13H10Cl2N2S/c14-9-1-5-11(6-2-9)17(13(16)18)12-7-3-10(15)4-8-12/h1-8H,(H2,16,18). The van der Waals surface area contributed by atoms with E-state index < -0.39 is 0 Å². The SMILES string of the molecule is NC(=S)N(c1ccc(Cl)cc1)c1ccc(Cl)cc1. The molecule has 2 nitrogen and oxygen atoms in total. The van der Waals surface area contributed by atoms with Crippen LogP contribution in [0.15, 0.2) is 48.5 Å². The number of nitrogens with two attached hydrogens (primary N) is 1. The summed E-state index contributed by atoms with van der Waals surface area (Å²) in [6, 6.07) is 14.6. The van der Waals surface area contributed by atoms with Crippen LogP contribution in [0.1, 0.15) is 0 Å². The molecule has 2 rings (SSSR count). The van der Waals surface area contributed by atoms with Gasteiger partial charge in [0.05, 0.1) is 0 Å². The van der Waals surface area contributed by atoms with E-state index in [-0.39, 0.29) is 5.11 Å². The van der Waals surface area contributed by atoms with Crippen molar-refractivity contribution in [1.82, 2.24) is 0 Å². The van der Waals surface area contributed by atoms with Crippen molar-refractivity contribution >= 4 is 51.9 Å². The molecule has 0 aliphatic carbocycles. The highest BCUT2D eigenvalue weighted by atomic mass is 35.5. The van der Waals surface area contributed by atoms with Crippen molar-refractivity contribution in [2.45, 2.75) is 0 Å². The molecule has 0 heterocycles. The predicted octanol–water partition coefficient (Wildman–Crippen LogP) is 4.38. The first-order chi connectivity index (χ1) is 8.58. The molecule has 0 spiro atoms. The third-order valence-corrected chi connectivity index (χ3v) is 3.08. The molecule has 2 aromatic rings. The Morgan fingerprint density at radius 3 is 1.44 bits per heavy atom. The van der Waals surface area contributed by atoms with E-state index in [0.29, 0.717) is 10.0 Å². The van der Waals surface area contributed by atoms with E-state index in [4.69, 9.17) is 41.2 Å². The van der Waals surface area contributed by atoms with Gasteiger partial charge in [-0.25, -0.2) is 0 Å². The second-order valence-corrected chi connectivity index (χ2v) is 4.92. The van der Waals surface area contributed by atoms with Gasteiger partial charge in [-0.2, -0.15) is 0 Å². The normalized spacial score (nSPS) is 10.1. The molecule has 0 bridgehead atoms. The summed E-state index contributed by atoms with van der Waals surface area (Å²) in [5.74, 6) is 0. The maximum Gasteiger partial charge on any atom is 0.175 e. The van der Waals surface area contributed by atoms with Gasteiger partial charge < -0.3 is 5.73 Å². The number of hydrogen-bond donors (Lipinski definition) is 1. The first-order valence-electron chi connectivity index (χ1n) is 5.18. The molecule has 0 amide bonds. The lowest BCUT2D eigenvalue weighted by Crippen LogP contribution is -2.31. The summed E-state index contributed by atoms with van der Waals surface area (Å²) in [6.07, 6.45) is 0. The largest absolute Gasteiger partial charge is 0.376 e. The van der Waals surface area contributed by atoms with E-state index in [0.717, 1.165) is 11.4 Å². The van der Waals surface area contributed by atoms with Crippen LogP contribution in [0.3, 0.4) is 0 Å². The van der Waals surface area contributed by atoms with Crippen molar-refractivity contribution in [3.63, 3.8) is 0 Å². The highest BCUT2D eigenvalue weighted by molar-refractivity contribution is 7.80. The summed E-state index contributed by atoms with van der Waals surface area (Å²) in [4.78, 5) is 1.75. The van der Waals surface area contributed by atoms with Crippen LogP contribution in [0.2, 0.25) is 10.0 Å². The molecule has 0 fully saturated rings. The summed E-state index contributed by atoms with van der Waals surface area (Å²) in [5.41, 5.74) is 7.48. The summed E-state index contributed by atoms with van der Waals surface area (Å²) < 4.78 is 0. The molecule has 0 saturated carbocycles. The molecule has 0 radical (unpaired) electrons. The van der Waals surface area contributed by atoms with Crippen molar-refractivity contribution in [2.75, 3.05) is 4.90 Å². The van der Waals surface area contributed by atoms with E-state index >= 15 is 0 Å². The van der Waals surface area contributed by atoms with Gasteiger partial charge in [0, 0.05) is 21.4 Å². The number of hydrogen-bond acceptors (Lipinski definition) is 1. The van der Waals surface area contributed by atoms with E-state index in [1.807, 2.05) is 24.3 Å². The number of anilines is 2. The number of halogens is 2. The summed E-state index contributed by atoms with van der Waals surface area (Å²) >= 11 is 16.8. The van der Waals surface area contributed by atoms with E-state index in [1.165, 1.54) is 0 Å². The van der Waals surface area contributed by atoms with Crippen LogP contribution >= 0.6 is 35.4 Å². The minimum atomic E-state index is 0.264. The molecule has 0 aromatic heterocycles. The van der Waals surface area contributed by atoms with Gasteiger partial charge in [-0.1, -0.05) is 23.2 Å². The fourth-order valence-electron chi connectivity index (χ4n) is 1.58. The van der Waals surface area contributed by atoms with E-state index in [2.05, 4.69) is 0 Å². The van der Waals surface area contributed by atoms with Crippen LogP contribution < -0.4 is 10.6 Å². The van der Waals surface area contributed by atoms with Crippen LogP contribution in [-0.2, 0) is 0 Å². The monoisotopic (exact) mass is 296 g/mol. The van der Waals surface area contributed by atoms with E-state index in [1.54, 1.807) is 29.2 Å². The van der Waals surface area contributed by atoms with Crippen molar-refractivity contribution in [3.8, 4) is 0 Å². The maximum atomic E-state index is 5.86. The van der Waals surface area contributed by atoms with Gasteiger partial charge in [-0.05, 0) is 60.7 Å². The van der Waals surface area contributed by atoms with Gasteiger partial charge in [-0.15, -0.1) is 0 Å². The molecule has 0 aliphatic heterocycles. The van der Waals surface area contributed by atoms with Gasteiger partial charge in [0.15, 0.2) is 5.11 Å². The lowest BCUT2D eigenvalue weighted by atomic mass is 10.2. The van der Waals surface area contributed by atoms with Crippen molar-refractivity contribution in [2.24, 2.45) is 5.73 Å². The lowest BCUT2D eigenvalue weighted by Gasteiger charge is -2.23. The van der Waals surface area contributed by atoms with Crippen molar-refractivity contribution < 1.29 is 0 Å². The molecule has 92 valence electrons.